The third-order valence-corrected chi connectivity index (χ3v) is 10.6. The molecule has 53 heavy (non-hydrogen) atoms. The Balaban J connectivity index is 1.17. The Hall–Kier alpha value is -5.06. The molecule has 0 aliphatic carbocycles. The van der Waals surface area contributed by atoms with E-state index in [0.717, 1.165) is 61.4 Å². The number of hydrogen-bond acceptors (Lipinski definition) is 10. The van der Waals surface area contributed by atoms with Crippen LogP contribution in [0.25, 0.3) is 22.4 Å². The Morgan fingerprint density at radius 1 is 0.642 bits per heavy atom. The van der Waals surface area contributed by atoms with Gasteiger partial charge in [0.25, 0.3) is 0 Å². The molecule has 0 N–H and O–H groups in total. The highest BCUT2D eigenvalue weighted by Gasteiger charge is 2.26. The van der Waals surface area contributed by atoms with Gasteiger partial charge in [0.1, 0.15) is 0 Å². The van der Waals surface area contributed by atoms with Gasteiger partial charge in [-0.3, -0.25) is 9.88 Å². The van der Waals surface area contributed by atoms with Gasteiger partial charge in [-0.1, -0.05) is 30.3 Å². The van der Waals surface area contributed by atoms with Gasteiger partial charge in [-0.25, -0.2) is 0 Å². The van der Waals surface area contributed by atoms with Crippen LogP contribution in [-0.4, -0.2) is 77.9 Å². The summed E-state index contributed by atoms with van der Waals surface area (Å²) in [5.74, 6) is 3.65. The van der Waals surface area contributed by atoms with Crippen LogP contribution in [0.5, 0.6) is 34.5 Å². The highest BCUT2D eigenvalue weighted by Crippen LogP contribution is 2.42. The largest absolute Gasteiger partial charge is 0.493 e. The zero-order chi connectivity index (χ0) is 37.3. The minimum absolute atomic E-state index is 0.408. The number of thioether (sulfide) groups is 1. The minimum atomic E-state index is 0.408. The van der Waals surface area contributed by atoms with E-state index in [1.54, 1.807) is 54.4 Å². The summed E-state index contributed by atoms with van der Waals surface area (Å²) in [5.41, 5.74) is 7.61. The Kier molecular flexibility index (Phi) is 12.5. The first-order valence-corrected chi connectivity index (χ1v) is 18.9. The van der Waals surface area contributed by atoms with Gasteiger partial charge in [0, 0.05) is 54.6 Å². The molecule has 0 bridgehead atoms. The van der Waals surface area contributed by atoms with Crippen LogP contribution in [0.3, 0.4) is 0 Å². The van der Waals surface area contributed by atoms with E-state index in [0.29, 0.717) is 40.5 Å². The van der Waals surface area contributed by atoms with Crippen molar-refractivity contribution in [2.75, 3.05) is 66.9 Å². The molecule has 278 valence electrons. The first kappa shape index (κ1) is 37.7. The van der Waals surface area contributed by atoms with E-state index in [1.807, 2.05) is 30.5 Å². The summed E-state index contributed by atoms with van der Waals surface area (Å²) >= 11 is 1.78. The fourth-order valence-electron chi connectivity index (χ4n) is 7.07. The molecule has 0 atom stereocenters. The lowest BCUT2D eigenvalue weighted by molar-refractivity contribution is 0.201. The van der Waals surface area contributed by atoms with Crippen LogP contribution in [0, 0.1) is 0 Å². The number of nitrogens with zero attached hydrogens (tertiary/aromatic N) is 3. The first-order valence-electron chi connectivity index (χ1n) is 17.7. The average Bonchev–Trinajstić information content (AvgIpc) is 3.22. The molecular weight excluding hydrogens is 687 g/mol. The van der Waals surface area contributed by atoms with E-state index in [1.165, 1.54) is 21.7 Å². The molecule has 1 saturated heterocycles. The smallest absolute Gasteiger partial charge is 0.203 e. The fraction of sp³-hybridized carbons (Fsp3) is 0.326. The van der Waals surface area contributed by atoms with E-state index in [4.69, 9.17) is 28.4 Å². The second-order valence-electron chi connectivity index (χ2n) is 12.9. The highest BCUT2D eigenvalue weighted by atomic mass is 32.2. The maximum absolute atomic E-state index is 5.61. The number of hydrogen-bond donors (Lipinski definition) is 0. The molecule has 0 saturated carbocycles. The third-order valence-electron chi connectivity index (χ3n) is 9.88. The monoisotopic (exact) mass is 735 g/mol. The molecule has 9 nitrogen and oxygen atoms in total. The average molecular weight is 736 g/mol. The molecule has 1 aromatic heterocycles. The van der Waals surface area contributed by atoms with Crippen molar-refractivity contribution in [3.8, 4) is 56.9 Å². The Labute approximate surface area is 317 Å². The molecule has 1 aliphatic rings. The second kappa shape index (κ2) is 17.6. The lowest BCUT2D eigenvalue weighted by atomic mass is 9.99. The van der Waals surface area contributed by atoms with Gasteiger partial charge < -0.3 is 33.3 Å². The van der Waals surface area contributed by atoms with E-state index in [9.17, 15) is 0 Å². The van der Waals surface area contributed by atoms with Crippen LogP contribution in [-0.2, 0) is 13.1 Å². The van der Waals surface area contributed by atoms with E-state index < -0.39 is 0 Å². The number of aromatic nitrogens is 1. The molecule has 1 fully saturated rings. The molecule has 6 rings (SSSR count). The molecule has 5 aromatic rings. The number of rotatable bonds is 15. The molecule has 1 aliphatic heterocycles. The maximum atomic E-state index is 5.61. The Morgan fingerprint density at radius 2 is 1.23 bits per heavy atom. The van der Waals surface area contributed by atoms with Crippen molar-refractivity contribution < 1.29 is 28.4 Å². The summed E-state index contributed by atoms with van der Waals surface area (Å²) < 4.78 is 33.5. The van der Waals surface area contributed by atoms with Gasteiger partial charge >= 0.3 is 0 Å². The quantitative estimate of drug-likeness (QED) is 0.0974. The molecule has 2 heterocycles. The summed E-state index contributed by atoms with van der Waals surface area (Å²) in [7, 11) is 9.78. The van der Waals surface area contributed by atoms with Crippen molar-refractivity contribution in [3.05, 3.63) is 102 Å². The van der Waals surface area contributed by atoms with Gasteiger partial charge in [-0.2, -0.15) is 0 Å². The topological polar surface area (TPSA) is 74.8 Å². The Morgan fingerprint density at radius 3 is 1.77 bits per heavy atom. The van der Waals surface area contributed by atoms with Crippen LogP contribution in [0.1, 0.15) is 24.0 Å². The van der Waals surface area contributed by atoms with Gasteiger partial charge in [0.05, 0.1) is 48.4 Å². The molecule has 0 radical (unpaired) electrons. The van der Waals surface area contributed by atoms with Gasteiger partial charge in [-0.15, -0.1) is 11.8 Å². The van der Waals surface area contributed by atoms with E-state index in [-0.39, 0.29) is 0 Å². The predicted octanol–water partition coefficient (Wildman–Crippen LogP) is 8.86. The molecule has 0 unspecified atom stereocenters. The molecule has 10 heteroatoms. The van der Waals surface area contributed by atoms with Crippen LogP contribution < -0.4 is 33.3 Å². The van der Waals surface area contributed by atoms with Gasteiger partial charge in [0.15, 0.2) is 23.0 Å². The van der Waals surface area contributed by atoms with Crippen LogP contribution in [0.15, 0.2) is 96.0 Å². The lowest BCUT2D eigenvalue weighted by Gasteiger charge is -2.40. The van der Waals surface area contributed by atoms with Crippen LogP contribution in [0.2, 0.25) is 0 Å². The molecule has 0 amide bonds. The normalized spacial score (nSPS) is 13.3. The van der Waals surface area contributed by atoms with Crippen LogP contribution in [0.4, 0.5) is 5.69 Å². The molecule has 0 spiro atoms. The number of ether oxygens (including phenoxy) is 6. The Bertz CT molecular complexity index is 1930. The number of anilines is 1. The first-order chi connectivity index (χ1) is 25.9. The van der Waals surface area contributed by atoms with Crippen molar-refractivity contribution in [2.24, 2.45) is 0 Å². The van der Waals surface area contributed by atoms with Crippen molar-refractivity contribution >= 4 is 17.4 Å². The second-order valence-corrected chi connectivity index (χ2v) is 13.8. The number of likely N-dealkylation sites (tertiary alicyclic amines) is 1. The third kappa shape index (κ3) is 8.61. The highest BCUT2D eigenvalue weighted by molar-refractivity contribution is 7.98. The summed E-state index contributed by atoms with van der Waals surface area (Å²) in [5, 5.41) is 0. The summed E-state index contributed by atoms with van der Waals surface area (Å²) in [6, 6.07) is 30.3. The van der Waals surface area contributed by atoms with E-state index >= 15 is 0 Å². The summed E-state index contributed by atoms with van der Waals surface area (Å²) in [6.07, 6.45) is 6.15. The SMILES string of the molecule is COc1cc(-c2ccc(CN(c3cccc(SC)c3)C3CCN(Cc4ccnc(-c5cc(OC)c(OC)c(OC)c5)c4)CC3)cc2)cc(OC)c1OC. The fourth-order valence-corrected chi connectivity index (χ4v) is 7.53. The van der Waals surface area contributed by atoms with Crippen molar-refractivity contribution in [2.45, 2.75) is 36.9 Å². The van der Waals surface area contributed by atoms with Crippen LogP contribution >= 0.6 is 11.8 Å². The standard InChI is InChI=1S/C43H49N3O6S/c1-47-38-22-32(23-39(48-2)42(38)51-5)31-13-11-29(12-14-31)28-46(35-9-8-10-36(26-35)53-7)34-16-19-45(20-17-34)27-30-15-18-44-37(21-30)33-24-40(49-3)43(52-6)41(25-33)50-4/h8-15,18,21-26,34H,16-17,19-20,27-28H2,1-7H3. The predicted molar refractivity (Wildman–Crippen MR) is 214 cm³/mol. The van der Waals surface area contributed by atoms with Crippen molar-refractivity contribution in [1.82, 2.24) is 9.88 Å². The van der Waals surface area contributed by atoms with Crippen molar-refractivity contribution in [1.29, 1.82) is 0 Å². The number of benzene rings is 4. The molecular formula is C43H49N3O6S. The van der Waals surface area contributed by atoms with E-state index in [2.05, 4.69) is 81.7 Å². The number of pyridine rings is 1. The zero-order valence-electron chi connectivity index (χ0n) is 31.7. The van der Waals surface area contributed by atoms with Gasteiger partial charge in [-0.05, 0) is 95.9 Å². The number of methoxy groups -OCH3 is 6. The maximum Gasteiger partial charge on any atom is 0.203 e. The zero-order valence-corrected chi connectivity index (χ0v) is 32.5. The molecule has 4 aromatic carbocycles. The van der Waals surface area contributed by atoms with Crippen molar-refractivity contribution in [3.63, 3.8) is 0 Å². The summed E-state index contributed by atoms with van der Waals surface area (Å²) in [4.78, 5) is 11.1. The summed E-state index contributed by atoms with van der Waals surface area (Å²) in [6.45, 7) is 3.69. The van der Waals surface area contributed by atoms with Gasteiger partial charge in [0.2, 0.25) is 11.5 Å². The minimum Gasteiger partial charge on any atom is -0.493 e. The number of piperidine rings is 1. The lowest BCUT2D eigenvalue weighted by Crippen LogP contribution is -2.44.